The van der Waals surface area contributed by atoms with Gasteiger partial charge in [0.1, 0.15) is 5.78 Å². The molecule has 0 rings (SSSR count). The van der Waals surface area contributed by atoms with Gasteiger partial charge >= 0.3 is 0 Å². The van der Waals surface area contributed by atoms with E-state index in [0.29, 0.717) is 12.2 Å². The summed E-state index contributed by atoms with van der Waals surface area (Å²) >= 11 is 0. The Morgan fingerprint density at radius 2 is 0.844 bits per heavy atom. The molecule has 0 aromatic carbocycles. The Bertz CT molecular complexity index is 589. The quantitative estimate of drug-likeness (QED) is 0.0523. The third kappa shape index (κ3) is 37.7. The second-order valence-corrected chi connectivity index (χ2v) is 14.3. The van der Waals surface area contributed by atoms with Crippen LogP contribution in [-0.4, -0.2) is 24.9 Å². The van der Waals surface area contributed by atoms with E-state index in [9.17, 15) is 4.79 Å². The zero-order valence-corrected chi connectivity index (χ0v) is 31.2. The first-order valence-corrected chi connectivity index (χ1v) is 20.9. The van der Waals surface area contributed by atoms with Crippen LogP contribution in [0.4, 0.5) is 0 Å². The third-order valence-corrected chi connectivity index (χ3v) is 9.72. The summed E-state index contributed by atoms with van der Waals surface area (Å²) in [5.74, 6) is 0.302. The van der Waals surface area contributed by atoms with Gasteiger partial charge in [0, 0.05) is 6.42 Å². The highest BCUT2D eigenvalue weighted by molar-refractivity contribution is 5.83. The predicted molar refractivity (Wildman–Crippen MR) is 203 cm³/mol. The fraction of sp³-hybridized carbons (Fsp3) is 0.929. The number of nitrogens with two attached hydrogens (primary N) is 1. The number of Topliss-reactive ketones (excluding diaryl/α,β-unsaturated/α-hetero) is 1. The van der Waals surface area contributed by atoms with Crippen LogP contribution in [0.5, 0.6) is 0 Å². The van der Waals surface area contributed by atoms with Crippen molar-refractivity contribution in [3.8, 4) is 0 Å². The first-order valence-electron chi connectivity index (χ1n) is 20.9. The van der Waals surface area contributed by atoms with E-state index in [0.717, 1.165) is 25.8 Å². The molecule has 45 heavy (non-hydrogen) atoms. The summed E-state index contributed by atoms with van der Waals surface area (Å²) in [5.41, 5.74) is 6.21. The van der Waals surface area contributed by atoms with Crippen molar-refractivity contribution in [2.45, 2.75) is 238 Å². The Kier molecular flexibility index (Phi) is 38.9. The standard InChI is InChI=1S/C42H84N2O/c1-3-5-6-7-8-9-10-11-17-21-24-27-30-33-36-39-42(45)41(43)38-35-32-29-26-23-20-18-15-13-12-14-16-19-22-25-28-31-34-37-40-44-4-2/h15,18,41,44H,3-14,16-17,19-40,43H2,1-2H3/b18-15-. The van der Waals surface area contributed by atoms with Crippen LogP contribution in [0.25, 0.3) is 0 Å². The first-order chi connectivity index (χ1) is 22.2. The lowest BCUT2D eigenvalue weighted by molar-refractivity contribution is -0.120. The van der Waals surface area contributed by atoms with Gasteiger partial charge in [-0.25, -0.2) is 0 Å². The summed E-state index contributed by atoms with van der Waals surface area (Å²) in [6.45, 7) is 6.78. The number of nitrogens with one attached hydrogen (secondary N) is 1. The first kappa shape index (κ1) is 44.3. The van der Waals surface area contributed by atoms with Gasteiger partial charge in [0.2, 0.25) is 0 Å². The van der Waals surface area contributed by atoms with E-state index in [1.54, 1.807) is 0 Å². The van der Waals surface area contributed by atoms with Crippen LogP contribution in [0.1, 0.15) is 232 Å². The molecule has 0 aromatic heterocycles. The lowest BCUT2D eigenvalue weighted by Crippen LogP contribution is -2.30. The molecule has 0 saturated carbocycles. The Labute approximate surface area is 284 Å². The number of unbranched alkanes of at least 4 members (excludes halogenated alkanes) is 29. The molecule has 0 amide bonds. The van der Waals surface area contributed by atoms with Crippen molar-refractivity contribution in [1.82, 2.24) is 5.32 Å². The van der Waals surface area contributed by atoms with Gasteiger partial charge in [-0.1, -0.05) is 193 Å². The second kappa shape index (κ2) is 39.5. The minimum atomic E-state index is -0.220. The predicted octanol–water partition coefficient (Wildman–Crippen LogP) is 13.3. The molecule has 0 heterocycles. The van der Waals surface area contributed by atoms with Gasteiger partial charge in [0.15, 0.2) is 0 Å². The largest absolute Gasteiger partial charge is 0.322 e. The van der Waals surface area contributed by atoms with Crippen molar-refractivity contribution in [1.29, 1.82) is 0 Å². The van der Waals surface area contributed by atoms with E-state index in [1.165, 1.54) is 199 Å². The van der Waals surface area contributed by atoms with Crippen LogP contribution in [-0.2, 0) is 4.79 Å². The fourth-order valence-electron chi connectivity index (χ4n) is 6.51. The van der Waals surface area contributed by atoms with E-state index in [2.05, 4.69) is 31.3 Å². The smallest absolute Gasteiger partial charge is 0.149 e. The molecule has 1 unspecified atom stereocenters. The van der Waals surface area contributed by atoms with Gasteiger partial charge in [-0.3, -0.25) is 4.79 Å². The van der Waals surface area contributed by atoms with Crippen LogP contribution in [0, 0.1) is 0 Å². The molecular weight excluding hydrogens is 548 g/mol. The van der Waals surface area contributed by atoms with Gasteiger partial charge in [-0.15, -0.1) is 0 Å². The van der Waals surface area contributed by atoms with Crippen LogP contribution >= 0.6 is 0 Å². The average Bonchev–Trinajstić information content (AvgIpc) is 3.05. The SMILES string of the molecule is CCCCCCCCCCCCCCCCCC(=O)C(N)CCCCCCC/C=C\CCCCCCCCCCCCNCC. The minimum Gasteiger partial charge on any atom is -0.322 e. The molecular formula is C42H84N2O. The van der Waals surface area contributed by atoms with Crippen molar-refractivity contribution in [3.63, 3.8) is 0 Å². The maximum atomic E-state index is 12.4. The van der Waals surface area contributed by atoms with Gasteiger partial charge in [-0.05, 0) is 58.0 Å². The number of hydrogen-bond donors (Lipinski definition) is 2. The van der Waals surface area contributed by atoms with E-state index in [4.69, 9.17) is 5.73 Å². The van der Waals surface area contributed by atoms with Crippen LogP contribution in [0.15, 0.2) is 12.2 Å². The van der Waals surface area contributed by atoms with Crippen molar-refractivity contribution in [2.24, 2.45) is 5.73 Å². The van der Waals surface area contributed by atoms with E-state index < -0.39 is 0 Å². The molecule has 0 radical (unpaired) electrons. The lowest BCUT2D eigenvalue weighted by atomic mass is 9.99. The highest BCUT2D eigenvalue weighted by atomic mass is 16.1. The number of hydrogen-bond acceptors (Lipinski definition) is 3. The van der Waals surface area contributed by atoms with Crippen molar-refractivity contribution < 1.29 is 4.79 Å². The van der Waals surface area contributed by atoms with E-state index in [-0.39, 0.29) is 6.04 Å². The summed E-state index contributed by atoms with van der Waals surface area (Å²) in [6.07, 6.45) is 49.6. The van der Waals surface area contributed by atoms with Gasteiger partial charge in [-0.2, -0.15) is 0 Å². The number of allylic oxidation sites excluding steroid dienone is 2. The average molecular weight is 633 g/mol. The van der Waals surface area contributed by atoms with Crippen LogP contribution in [0.2, 0.25) is 0 Å². The maximum Gasteiger partial charge on any atom is 0.149 e. The summed E-state index contributed by atoms with van der Waals surface area (Å²) in [4.78, 5) is 12.4. The molecule has 3 nitrogen and oxygen atoms in total. The van der Waals surface area contributed by atoms with Gasteiger partial charge in [0.25, 0.3) is 0 Å². The molecule has 0 saturated heterocycles. The topological polar surface area (TPSA) is 55.1 Å². The second-order valence-electron chi connectivity index (χ2n) is 14.3. The Balaban J connectivity index is 3.30. The number of carbonyl (C=O) groups is 1. The summed E-state index contributed by atoms with van der Waals surface area (Å²) < 4.78 is 0. The molecule has 0 fully saturated rings. The molecule has 0 bridgehead atoms. The molecule has 3 heteroatoms. The van der Waals surface area contributed by atoms with Crippen molar-refractivity contribution in [3.05, 3.63) is 12.2 Å². The van der Waals surface area contributed by atoms with Gasteiger partial charge < -0.3 is 11.1 Å². The molecule has 0 aliphatic carbocycles. The Morgan fingerprint density at radius 1 is 0.489 bits per heavy atom. The summed E-state index contributed by atoms with van der Waals surface area (Å²) in [7, 11) is 0. The maximum absolute atomic E-state index is 12.4. The molecule has 0 aromatic rings. The number of rotatable bonds is 39. The van der Waals surface area contributed by atoms with Crippen molar-refractivity contribution in [2.75, 3.05) is 13.1 Å². The van der Waals surface area contributed by atoms with E-state index >= 15 is 0 Å². The molecule has 268 valence electrons. The third-order valence-electron chi connectivity index (χ3n) is 9.72. The minimum absolute atomic E-state index is 0.220. The molecule has 0 aliphatic rings. The fourth-order valence-corrected chi connectivity index (χ4v) is 6.51. The molecule has 0 aliphatic heterocycles. The Morgan fingerprint density at radius 3 is 1.27 bits per heavy atom. The normalized spacial score (nSPS) is 12.4. The number of ketones is 1. The highest BCUT2D eigenvalue weighted by Crippen LogP contribution is 2.15. The summed E-state index contributed by atoms with van der Waals surface area (Å²) in [5, 5.41) is 3.41. The summed E-state index contributed by atoms with van der Waals surface area (Å²) in [6, 6.07) is -0.220. The van der Waals surface area contributed by atoms with Crippen LogP contribution in [0.3, 0.4) is 0 Å². The zero-order chi connectivity index (χ0) is 32.7. The molecule has 0 spiro atoms. The van der Waals surface area contributed by atoms with Crippen LogP contribution < -0.4 is 11.1 Å². The van der Waals surface area contributed by atoms with E-state index in [1.807, 2.05) is 0 Å². The lowest BCUT2D eigenvalue weighted by Gasteiger charge is -2.10. The molecule has 3 N–H and O–H groups in total. The van der Waals surface area contributed by atoms with Crippen molar-refractivity contribution >= 4 is 5.78 Å². The molecule has 1 atom stereocenters. The zero-order valence-electron chi connectivity index (χ0n) is 31.2. The Hall–Kier alpha value is -0.670. The number of carbonyl (C=O) groups excluding carboxylic acids is 1. The monoisotopic (exact) mass is 633 g/mol. The van der Waals surface area contributed by atoms with Gasteiger partial charge in [0.05, 0.1) is 6.04 Å². The highest BCUT2D eigenvalue weighted by Gasteiger charge is 2.12.